The summed E-state index contributed by atoms with van der Waals surface area (Å²) < 4.78 is 7.15. The average Bonchev–Trinajstić information content (AvgIpc) is 2.87. The van der Waals surface area contributed by atoms with Crippen molar-refractivity contribution in [2.75, 3.05) is 7.11 Å². The highest BCUT2D eigenvalue weighted by atomic mass is 16.5. The number of benzene rings is 1. The minimum atomic E-state index is 0.0174. The van der Waals surface area contributed by atoms with E-state index < -0.39 is 0 Å². The number of rotatable bonds is 6. The van der Waals surface area contributed by atoms with Gasteiger partial charge in [0.2, 0.25) is 0 Å². The van der Waals surface area contributed by atoms with E-state index in [-0.39, 0.29) is 6.04 Å². The van der Waals surface area contributed by atoms with Crippen LogP contribution in [-0.2, 0) is 12.8 Å². The fourth-order valence-electron chi connectivity index (χ4n) is 2.26. The summed E-state index contributed by atoms with van der Waals surface area (Å²) in [6.45, 7) is 4.18. The number of methoxy groups -OCH3 is 1. The molecule has 0 radical (unpaired) electrons. The molecule has 5 heteroatoms. The molecular formula is C15H22N4O. The normalized spacial score (nSPS) is 12.7. The van der Waals surface area contributed by atoms with Crippen molar-refractivity contribution in [2.24, 2.45) is 5.73 Å². The van der Waals surface area contributed by atoms with Gasteiger partial charge < -0.3 is 10.5 Å². The van der Waals surface area contributed by atoms with Crippen LogP contribution in [0.5, 0.6) is 5.75 Å². The fraction of sp³-hybridized carbons (Fsp3) is 0.467. The SMILES string of the molecule is COc1cccc(CC(N)Cc2ncnn2C(C)C)c1. The molecule has 2 N–H and O–H groups in total. The fourth-order valence-corrected chi connectivity index (χ4v) is 2.26. The standard InChI is InChI=1S/C15H22N4O/c1-11(2)19-15(17-10-18-19)9-13(16)7-12-5-4-6-14(8-12)20-3/h4-6,8,10-11,13H,7,9,16H2,1-3H3. The summed E-state index contributed by atoms with van der Waals surface area (Å²) >= 11 is 0. The predicted molar refractivity (Wildman–Crippen MR) is 78.8 cm³/mol. The third-order valence-corrected chi connectivity index (χ3v) is 3.21. The van der Waals surface area contributed by atoms with E-state index in [2.05, 4.69) is 30.0 Å². The van der Waals surface area contributed by atoms with E-state index in [1.807, 2.05) is 22.9 Å². The highest BCUT2D eigenvalue weighted by Crippen LogP contribution is 2.15. The average molecular weight is 274 g/mol. The molecule has 2 rings (SSSR count). The van der Waals surface area contributed by atoms with Crippen LogP contribution in [0.3, 0.4) is 0 Å². The van der Waals surface area contributed by atoms with E-state index in [0.29, 0.717) is 6.04 Å². The highest BCUT2D eigenvalue weighted by Gasteiger charge is 2.12. The Morgan fingerprint density at radius 2 is 2.10 bits per heavy atom. The maximum Gasteiger partial charge on any atom is 0.138 e. The summed E-state index contributed by atoms with van der Waals surface area (Å²) in [5, 5.41) is 4.23. The molecule has 2 aromatic rings. The van der Waals surface area contributed by atoms with Crippen LogP contribution in [0.25, 0.3) is 0 Å². The van der Waals surface area contributed by atoms with Crippen molar-refractivity contribution < 1.29 is 4.74 Å². The van der Waals surface area contributed by atoms with Gasteiger partial charge in [-0.25, -0.2) is 9.67 Å². The van der Waals surface area contributed by atoms with Crippen molar-refractivity contribution in [3.63, 3.8) is 0 Å². The van der Waals surface area contributed by atoms with Crippen molar-refractivity contribution in [2.45, 2.75) is 38.8 Å². The van der Waals surface area contributed by atoms with Crippen LogP contribution < -0.4 is 10.5 Å². The molecule has 0 fully saturated rings. The van der Waals surface area contributed by atoms with Crippen LogP contribution in [0.2, 0.25) is 0 Å². The number of hydrogen-bond acceptors (Lipinski definition) is 4. The third-order valence-electron chi connectivity index (χ3n) is 3.21. The number of nitrogens with two attached hydrogens (primary N) is 1. The molecule has 5 nitrogen and oxygen atoms in total. The molecule has 0 aliphatic rings. The number of hydrogen-bond donors (Lipinski definition) is 1. The summed E-state index contributed by atoms with van der Waals surface area (Å²) in [6, 6.07) is 8.32. The highest BCUT2D eigenvalue weighted by molar-refractivity contribution is 5.29. The largest absolute Gasteiger partial charge is 0.497 e. The Balaban J connectivity index is 2.01. The van der Waals surface area contributed by atoms with E-state index in [4.69, 9.17) is 10.5 Å². The van der Waals surface area contributed by atoms with Gasteiger partial charge in [0.25, 0.3) is 0 Å². The molecule has 1 aromatic heterocycles. The van der Waals surface area contributed by atoms with Gasteiger partial charge in [-0.3, -0.25) is 0 Å². The summed E-state index contributed by atoms with van der Waals surface area (Å²) in [4.78, 5) is 4.30. The summed E-state index contributed by atoms with van der Waals surface area (Å²) in [7, 11) is 1.67. The zero-order chi connectivity index (χ0) is 14.5. The van der Waals surface area contributed by atoms with Gasteiger partial charge >= 0.3 is 0 Å². The van der Waals surface area contributed by atoms with E-state index in [9.17, 15) is 0 Å². The quantitative estimate of drug-likeness (QED) is 0.874. The van der Waals surface area contributed by atoms with Gasteiger partial charge in [0.05, 0.1) is 7.11 Å². The van der Waals surface area contributed by atoms with Crippen LogP contribution in [0, 0.1) is 0 Å². The van der Waals surface area contributed by atoms with Crippen LogP contribution >= 0.6 is 0 Å². The van der Waals surface area contributed by atoms with Crippen LogP contribution in [-0.4, -0.2) is 27.9 Å². The van der Waals surface area contributed by atoms with Crippen molar-refractivity contribution in [3.05, 3.63) is 42.0 Å². The van der Waals surface area contributed by atoms with E-state index in [1.165, 1.54) is 5.56 Å². The summed E-state index contributed by atoms with van der Waals surface area (Å²) in [5.41, 5.74) is 7.41. The van der Waals surface area contributed by atoms with E-state index in [0.717, 1.165) is 24.4 Å². The minimum absolute atomic E-state index is 0.0174. The Labute approximate surface area is 119 Å². The van der Waals surface area contributed by atoms with Gasteiger partial charge in [-0.15, -0.1) is 0 Å². The lowest BCUT2D eigenvalue weighted by atomic mass is 10.0. The first-order chi connectivity index (χ1) is 9.60. The molecule has 1 aromatic carbocycles. The second-order valence-electron chi connectivity index (χ2n) is 5.23. The van der Waals surface area contributed by atoms with Crippen LogP contribution in [0.15, 0.2) is 30.6 Å². The molecule has 0 bridgehead atoms. The van der Waals surface area contributed by atoms with Crippen molar-refractivity contribution in [1.29, 1.82) is 0 Å². The lowest BCUT2D eigenvalue weighted by Crippen LogP contribution is -2.27. The molecule has 1 unspecified atom stereocenters. The Morgan fingerprint density at radius 1 is 1.30 bits per heavy atom. The molecule has 0 aliphatic heterocycles. The maximum atomic E-state index is 6.24. The van der Waals surface area contributed by atoms with Crippen molar-refractivity contribution >= 4 is 0 Å². The lowest BCUT2D eigenvalue weighted by Gasteiger charge is -2.14. The smallest absolute Gasteiger partial charge is 0.138 e. The second-order valence-corrected chi connectivity index (χ2v) is 5.23. The lowest BCUT2D eigenvalue weighted by molar-refractivity contribution is 0.414. The van der Waals surface area contributed by atoms with E-state index >= 15 is 0 Å². The molecule has 1 atom stereocenters. The molecule has 108 valence electrons. The molecule has 0 saturated carbocycles. The minimum Gasteiger partial charge on any atom is -0.497 e. The molecule has 1 heterocycles. The maximum absolute atomic E-state index is 6.24. The number of ether oxygens (including phenoxy) is 1. The second kappa shape index (κ2) is 6.52. The predicted octanol–water partition coefficient (Wildman–Crippen LogP) is 1.98. The topological polar surface area (TPSA) is 66.0 Å². The number of aromatic nitrogens is 3. The van der Waals surface area contributed by atoms with Crippen molar-refractivity contribution in [1.82, 2.24) is 14.8 Å². The molecule has 0 amide bonds. The molecule has 20 heavy (non-hydrogen) atoms. The Morgan fingerprint density at radius 3 is 2.80 bits per heavy atom. The molecular weight excluding hydrogens is 252 g/mol. The zero-order valence-corrected chi connectivity index (χ0v) is 12.3. The Kier molecular flexibility index (Phi) is 4.74. The van der Waals surface area contributed by atoms with Gasteiger partial charge in [0, 0.05) is 18.5 Å². The van der Waals surface area contributed by atoms with Gasteiger partial charge in [0.15, 0.2) is 0 Å². The van der Waals surface area contributed by atoms with Gasteiger partial charge in [-0.05, 0) is 38.0 Å². The number of nitrogens with zero attached hydrogens (tertiary/aromatic N) is 3. The van der Waals surface area contributed by atoms with Gasteiger partial charge in [-0.2, -0.15) is 5.10 Å². The van der Waals surface area contributed by atoms with Gasteiger partial charge in [0.1, 0.15) is 17.9 Å². The summed E-state index contributed by atoms with van der Waals surface area (Å²) in [5.74, 6) is 1.80. The molecule has 0 saturated heterocycles. The molecule has 0 spiro atoms. The third kappa shape index (κ3) is 3.57. The Bertz CT molecular complexity index is 550. The van der Waals surface area contributed by atoms with Crippen LogP contribution in [0.1, 0.15) is 31.3 Å². The summed E-state index contributed by atoms with van der Waals surface area (Å²) in [6.07, 6.45) is 3.10. The van der Waals surface area contributed by atoms with Gasteiger partial charge in [-0.1, -0.05) is 12.1 Å². The first-order valence-electron chi connectivity index (χ1n) is 6.87. The van der Waals surface area contributed by atoms with Crippen molar-refractivity contribution in [3.8, 4) is 5.75 Å². The first-order valence-corrected chi connectivity index (χ1v) is 6.87. The van der Waals surface area contributed by atoms with Crippen LogP contribution in [0.4, 0.5) is 0 Å². The molecule has 0 aliphatic carbocycles. The monoisotopic (exact) mass is 274 g/mol. The first kappa shape index (κ1) is 14.5. The van der Waals surface area contributed by atoms with E-state index in [1.54, 1.807) is 13.4 Å². The Hall–Kier alpha value is -1.88. The zero-order valence-electron chi connectivity index (χ0n) is 12.3.